The monoisotopic (exact) mass is 328 g/mol. The topological polar surface area (TPSA) is 63.6 Å². The summed E-state index contributed by atoms with van der Waals surface area (Å²) in [6.45, 7) is 0. The zero-order valence-electron chi connectivity index (χ0n) is 12.6. The lowest BCUT2D eigenvalue weighted by molar-refractivity contribution is -0.141. The maximum atomic E-state index is 11.8. The minimum atomic E-state index is -0.933. The summed E-state index contributed by atoms with van der Waals surface area (Å²) >= 11 is 1.56. The van der Waals surface area contributed by atoms with Gasteiger partial charge in [-0.15, -0.1) is 0 Å². The van der Waals surface area contributed by atoms with E-state index in [2.05, 4.69) is 0 Å². The van der Waals surface area contributed by atoms with E-state index >= 15 is 0 Å². The van der Waals surface area contributed by atoms with Crippen LogP contribution in [0.4, 0.5) is 0 Å². The summed E-state index contributed by atoms with van der Waals surface area (Å²) in [5.41, 5.74) is 2.45. The van der Waals surface area contributed by atoms with Gasteiger partial charge in [0.15, 0.2) is 0 Å². The second-order valence-corrected chi connectivity index (χ2v) is 6.53. The number of aromatic carboxylic acids is 1. The predicted octanol–water partition coefficient (Wildman–Crippen LogP) is 3.74. The molecular formula is C18H16O4S. The molecule has 0 fully saturated rings. The molecule has 0 spiro atoms. The minimum Gasteiger partial charge on any atom is -0.478 e. The van der Waals surface area contributed by atoms with Gasteiger partial charge in [-0.1, -0.05) is 36.0 Å². The number of hydrogen-bond acceptors (Lipinski definition) is 4. The number of carbonyl (C=O) groups is 2. The molecule has 23 heavy (non-hydrogen) atoms. The molecule has 1 N–H and O–H groups in total. The molecule has 2 aromatic rings. The molecule has 0 aliphatic carbocycles. The Hall–Kier alpha value is -2.27. The Morgan fingerprint density at radius 1 is 1.22 bits per heavy atom. The SMILES string of the molecule is COC(=O)CC1Cc2ccc(C(=O)O)cc2Sc2ccccc21. The van der Waals surface area contributed by atoms with Crippen molar-refractivity contribution < 1.29 is 19.4 Å². The largest absolute Gasteiger partial charge is 0.478 e. The van der Waals surface area contributed by atoms with Crippen molar-refractivity contribution in [2.75, 3.05) is 7.11 Å². The molecule has 1 heterocycles. The van der Waals surface area contributed by atoms with E-state index in [0.29, 0.717) is 12.8 Å². The van der Waals surface area contributed by atoms with Crippen LogP contribution in [0, 0.1) is 0 Å². The highest BCUT2D eigenvalue weighted by Gasteiger charge is 2.25. The Morgan fingerprint density at radius 2 is 2.00 bits per heavy atom. The first-order valence-electron chi connectivity index (χ1n) is 7.28. The minimum absolute atomic E-state index is 0.0306. The van der Waals surface area contributed by atoms with Crippen LogP contribution in [0.25, 0.3) is 0 Å². The Kier molecular flexibility index (Phi) is 4.39. The number of hydrogen-bond donors (Lipinski definition) is 1. The molecule has 2 aromatic carbocycles. The molecule has 1 aliphatic rings. The number of methoxy groups -OCH3 is 1. The van der Waals surface area contributed by atoms with Crippen LogP contribution in [-0.2, 0) is 16.0 Å². The normalized spacial score (nSPS) is 16.0. The number of ether oxygens (including phenoxy) is 1. The fourth-order valence-corrected chi connectivity index (χ4v) is 4.03. The van der Waals surface area contributed by atoms with E-state index in [9.17, 15) is 14.7 Å². The third-order valence-corrected chi connectivity index (χ3v) is 5.19. The molecule has 1 aliphatic heterocycles. The Morgan fingerprint density at radius 3 is 2.74 bits per heavy atom. The van der Waals surface area contributed by atoms with Gasteiger partial charge >= 0.3 is 11.9 Å². The Bertz CT molecular complexity index is 769. The summed E-state index contributed by atoms with van der Waals surface area (Å²) in [5.74, 6) is -1.14. The third-order valence-electron chi connectivity index (χ3n) is 4.00. The third kappa shape index (κ3) is 3.24. The maximum absolute atomic E-state index is 11.8. The van der Waals surface area contributed by atoms with Crippen LogP contribution in [-0.4, -0.2) is 24.2 Å². The average Bonchev–Trinajstić information content (AvgIpc) is 2.70. The average molecular weight is 328 g/mol. The second kappa shape index (κ2) is 6.46. The predicted molar refractivity (Wildman–Crippen MR) is 87.0 cm³/mol. The quantitative estimate of drug-likeness (QED) is 0.870. The van der Waals surface area contributed by atoms with E-state index in [1.54, 1.807) is 23.9 Å². The van der Waals surface area contributed by atoms with Gasteiger partial charge in [0, 0.05) is 9.79 Å². The zero-order valence-corrected chi connectivity index (χ0v) is 13.4. The molecule has 3 rings (SSSR count). The number of rotatable bonds is 3. The summed E-state index contributed by atoms with van der Waals surface area (Å²) in [7, 11) is 1.40. The Balaban J connectivity index is 2.05. The second-order valence-electron chi connectivity index (χ2n) is 5.45. The van der Waals surface area contributed by atoms with Crippen molar-refractivity contribution in [1.82, 2.24) is 0 Å². The molecule has 0 radical (unpaired) electrons. The fraction of sp³-hybridized carbons (Fsp3) is 0.222. The molecule has 0 aromatic heterocycles. The summed E-state index contributed by atoms with van der Waals surface area (Å²) in [6, 6.07) is 13.1. The molecule has 5 heteroatoms. The van der Waals surface area contributed by atoms with Gasteiger partial charge in [0.25, 0.3) is 0 Å². The standard InChI is InChI=1S/C18H16O4S/c1-22-17(19)10-13-8-11-6-7-12(18(20)21)9-16(11)23-15-5-3-2-4-14(13)15/h2-7,9,13H,8,10H2,1H3,(H,20,21). The molecule has 1 unspecified atom stereocenters. The van der Waals surface area contributed by atoms with Crippen LogP contribution in [0.1, 0.15) is 33.8 Å². The van der Waals surface area contributed by atoms with Gasteiger partial charge in [-0.3, -0.25) is 4.79 Å². The van der Waals surface area contributed by atoms with Crippen LogP contribution in [0.3, 0.4) is 0 Å². The molecule has 0 saturated carbocycles. The van der Waals surface area contributed by atoms with Crippen LogP contribution in [0.2, 0.25) is 0 Å². The van der Waals surface area contributed by atoms with Crippen LogP contribution in [0.5, 0.6) is 0 Å². The van der Waals surface area contributed by atoms with Crippen molar-refractivity contribution in [1.29, 1.82) is 0 Å². The van der Waals surface area contributed by atoms with Gasteiger partial charge in [-0.2, -0.15) is 0 Å². The molecule has 0 bridgehead atoms. The van der Waals surface area contributed by atoms with Crippen LogP contribution >= 0.6 is 11.8 Å². The lowest BCUT2D eigenvalue weighted by atomic mass is 9.89. The highest BCUT2D eigenvalue weighted by molar-refractivity contribution is 7.99. The van der Waals surface area contributed by atoms with E-state index in [0.717, 1.165) is 20.9 Å². The summed E-state index contributed by atoms with van der Waals surface area (Å²) < 4.78 is 4.82. The number of carboxylic acids is 1. The first kappa shape index (κ1) is 15.6. The first-order valence-corrected chi connectivity index (χ1v) is 8.10. The molecule has 118 valence electrons. The highest BCUT2D eigenvalue weighted by atomic mass is 32.2. The summed E-state index contributed by atoms with van der Waals surface area (Å²) in [6.07, 6.45) is 1.00. The highest BCUT2D eigenvalue weighted by Crippen LogP contribution is 2.43. The first-order chi connectivity index (χ1) is 11.1. The number of carboxylic acid groups (broad SMARTS) is 1. The van der Waals surface area contributed by atoms with Crippen LogP contribution < -0.4 is 0 Å². The van der Waals surface area contributed by atoms with Crippen molar-refractivity contribution in [3.05, 3.63) is 59.2 Å². The van der Waals surface area contributed by atoms with E-state index < -0.39 is 5.97 Å². The van der Waals surface area contributed by atoms with Crippen molar-refractivity contribution in [2.24, 2.45) is 0 Å². The van der Waals surface area contributed by atoms with E-state index in [4.69, 9.17) is 4.74 Å². The summed E-state index contributed by atoms with van der Waals surface area (Å²) in [4.78, 5) is 24.9. The molecule has 0 amide bonds. The van der Waals surface area contributed by atoms with Gasteiger partial charge in [-0.05, 0) is 41.7 Å². The smallest absolute Gasteiger partial charge is 0.335 e. The van der Waals surface area contributed by atoms with E-state index in [1.165, 1.54) is 7.11 Å². The lowest BCUT2D eigenvalue weighted by Crippen LogP contribution is -2.11. The molecular weight excluding hydrogens is 312 g/mol. The number of carbonyl (C=O) groups excluding carboxylic acids is 1. The van der Waals surface area contributed by atoms with Gasteiger partial charge in [-0.25, -0.2) is 4.79 Å². The molecule has 1 atom stereocenters. The number of fused-ring (bicyclic) bond motifs is 2. The van der Waals surface area contributed by atoms with Gasteiger partial charge in [0.1, 0.15) is 0 Å². The van der Waals surface area contributed by atoms with E-state index in [1.807, 2.05) is 30.3 Å². The van der Waals surface area contributed by atoms with Crippen molar-refractivity contribution >= 4 is 23.7 Å². The van der Waals surface area contributed by atoms with Gasteiger partial charge in [0.2, 0.25) is 0 Å². The lowest BCUT2D eigenvalue weighted by Gasteiger charge is -2.16. The van der Waals surface area contributed by atoms with Crippen molar-refractivity contribution in [3.8, 4) is 0 Å². The number of benzene rings is 2. The zero-order chi connectivity index (χ0) is 16.4. The van der Waals surface area contributed by atoms with Crippen LogP contribution in [0.15, 0.2) is 52.3 Å². The maximum Gasteiger partial charge on any atom is 0.335 e. The fourth-order valence-electron chi connectivity index (χ4n) is 2.82. The van der Waals surface area contributed by atoms with Crippen molar-refractivity contribution in [3.63, 3.8) is 0 Å². The molecule has 4 nitrogen and oxygen atoms in total. The van der Waals surface area contributed by atoms with Gasteiger partial charge in [0.05, 0.1) is 19.1 Å². The van der Waals surface area contributed by atoms with E-state index in [-0.39, 0.29) is 17.5 Å². The number of esters is 1. The Labute approximate surface area is 138 Å². The summed E-state index contributed by atoms with van der Waals surface area (Å²) in [5, 5.41) is 9.18. The van der Waals surface area contributed by atoms with Crippen molar-refractivity contribution in [2.45, 2.75) is 28.6 Å². The molecule has 0 saturated heterocycles. The van der Waals surface area contributed by atoms with Gasteiger partial charge < -0.3 is 9.84 Å².